The molecule has 0 bridgehead atoms. The van der Waals surface area contributed by atoms with E-state index in [2.05, 4.69) is 31.8 Å². The van der Waals surface area contributed by atoms with Crippen LogP contribution < -0.4 is 10.7 Å². The van der Waals surface area contributed by atoms with Gasteiger partial charge in [-0.3, -0.25) is 19.7 Å². The summed E-state index contributed by atoms with van der Waals surface area (Å²) in [6, 6.07) is 9.85. The van der Waals surface area contributed by atoms with Gasteiger partial charge >= 0.3 is 0 Å². The molecular formula is C16H12BrFN4O4. The third-order valence-corrected chi connectivity index (χ3v) is 3.71. The van der Waals surface area contributed by atoms with E-state index >= 15 is 0 Å². The molecule has 0 unspecified atom stereocenters. The van der Waals surface area contributed by atoms with Gasteiger partial charge in [0.15, 0.2) is 0 Å². The predicted molar refractivity (Wildman–Crippen MR) is 96.2 cm³/mol. The number of halogens is 2. The van der Waals surface area contributed by atoms with E-state index in [1.54, 1.807) is 12.1 Å². The second-order valence-corrected chi connectivity index (χ2v) is 5.82. The van der Waals surface area contributed by atoms with Crippen molar-refractivity contribution >= 4 is 45.3 Å². The number of amides is 2. The number of nitrogens with one attached hydrogen (secondary N) is 2. The van der Waals surface area contributed by atoms with Crippen molar-refractivity contribution < 1.29 is 18.9 Å². The van der Waals surface area contributed by atoms with Crippen molar-refractivity contribution in [1.29, 1.82) is 0 Å². The third-order valence-electron chi connectivity index (χ3n) is 3.04. The number of nitro benzene ring substituents is 1. The minimum atomic E-state index is -0.721. The van der Waals surface area contributed by atoms with Crippen molar-refractivity contribution in [2.75, 3.05) is 5.32 Å². The van der Waals surface area contributed by atoms with Crippen molar-refractivity contribution in [2.45, 2.75) is 6.42 Å². The molecule has 2 amide bonds. The summed E-state index contributed by atoms with van der Waals surface area (Å²) in [5, 5.41) is 16.7. The van der Waals surface area contributed by atoms with E-state index in [4.69, 9.17) is 0 Å². The van der Waals surface area contributed by atoms with Gasteiger partial charge in [-0.05, 0) is 34.1 Å². The standard InChI is InChI=1S/C16H12BrFN4O4/c17-11-6-5-10(7-14(11)22(25)26)9-19-21-16(24)8-15(23)20-13-4-2-1-3-12(13)18/h1-7,9H,8H2,(H,20,23)(H,21,24). The van der Waals surface area contributed by atoms with Crippen LogP contribution in [-0.4, -0.2) is 23.0 Å². The quantitative estimate of drug-likeness (QED) is 0.322. The number of anilines is 1. The molecule has 26 heavy (non-hydrogen) atoms. The molecule has 0 aliphatic heterocycles. The lowest BCUT2D eigenvalue weighted by atomic mass is 10.2. The molecule has 0 aliphatic carbocycles. The van der Waals surface area contributed by atoms with Crippen LogP contribution in [0.4, 0.5) is 15.8 Å². The third kappa shape index (κ3) is 5.45. The SMILES string of the molecule is O=C(CC(=O)Nc1ccccc1F)NN=Cc1ccc(Br)c([N+](=O)[O-])c1. The molecule has 2 aromatic rings. The number of benzene rings is 2. The fourth-order valence-electron chi connectivity index (χ4n) is 1.87. The Kier molecular flexibility index (Phi) is 6.50. The van der Waals surface area contributed by atoms with Crippen LogP contribution in [0.25, 0.3) is 0 Å². The summed E-state index contributed by atoms with van der Waals surface area (Å²) >= 11 is 3.05. The van der Waals surface area contributed by atoms with Gasteiger partial charge in [0, 0.05) is 11.6 Å². The van der Waals surface area contributed by atoms with Crippen molar-refractivity contribution in [1.82, 2.24) is 5.43 Å². The van der Waals surface area contributed by atoms with E-state index in [-0.39, 0.29) is 11.4 Å². The number of nitro groups is 1. The zero-order chi connectivity index (χ0) is 19.1. The fraction of sp³-hybridized carbons (Fsp3) is 0.0625. The van der Waals surface area contributed by atoms with E-state index < -0.39 is 29.0 Å². The molecular weight excluding hydrogens is 411 g/mol. The first-order valence-corrected chi connectivity index (χ1v) is 7.96. The van der Waals surface area contributed by atoms with Gasteiger partial charge < -0.3 is 5.32 Å². The number of carbonyl (C=O) groups is 2. The lowest BCUT2D eigenvalue weighted by Gasteiger charge is -2.05. The van der Waals surface area contributed by atoms with Crippen LogP contribution in [-0.2, 0) is 9.59 Å². The first-order valence-electron chi connectivity index (χ1n) is 7.17. The Bertz CT molecular complexity index is 888. The molecule has 0 spiro atoms. The first-order chi connectivity index (χ1) is 12.4. The monoisotopic (exact) mass is 422 g/mol. The van der Waals surface area contributed by atoms with Gasteiger partial charge in [0.25, 0.3) is 5.69 Å². The number of hydrogen-bond acceptors (Lipinski definition) is 5. The van der Waals surface area contributed by atoms with Crippen LogP contribution in [0.1, 0.15) is 12.0 Å². The Balaban J connectivity index is 1.89. The Morgan fingerprint density at radius 3 is 2.65 bits per heavy atom. The number of para-hydroxylation sites is 1. The van der Waals surface area contributed by atoms with E-state index in [1.165, 1.54) is 36.5 Å². The molecule has 2 N–H and O–H groups in total. The highest BCUT2D eigenvalue weighted by Gasteiger charge is 2.12. The second kappa shape index (κ2) is 8.81. The maximum Gasteiger partial charge on any atom is 0.284 e. The van der Waals surface area contributed by atoms with Gasteiger partial charge in [0.1, 0.15) is 12.2 Å². The van der Waals surface area contributed by atoms with Crippen LogP contribution in [0, 0.1) is 15.9 Å². The van der Waals surface area contributed by atoms with Gasteiger partial charge in [-0.15, -0.1) is 0 Å². The van der Waals surface area contributed by atoms with Crippen LogP contribution in [0.15, 0.2) is 52.0 Å². The highest BCUT2D eigenvalue weighted by atomic mass is 79.9. The predicted octanol–water partition coefficient (Wildman–Crippen LogP) is 2.98. The molecule has 2 rings (SSSR count). The van der Waals surface area contributed by atoms with Crippen LogP contribution >= 0.6 is 15.9 Å². The number of nitrogens with zero attached hydrogens (tertiary/aromatic N) is 2. The summed E-state index contributed by atoms with van der Waals surface area (Å²) < 4.78 is 13.7. The molecule has 2 aromatic carbocycles. The zero-order valence-electron chi connectivity index (χ0n) is 13.1. The van der Waals surface area contributed by atoms with E-state index in [9.17, 15) is 24.1 Å². The summed E-state index contributed by atoms with van der Waals surface area (Å²) in [5.74, 6) is -2.04. The van der Waals surface area contributed by atoms with Crippen LogP contribution in [0.5, 0.6) is 0 Å². The molecule has 0 aliphatic rings. The Labute approximate surface area is 155 Å². The minimum Gasteiger partial charge on any atom is -0.323 e. The lowest BCUT2D eigenvalue weighted by Crippen LogP contribution is -2.24. The maximum absolute atomic E-state index is 13.4. The van der Waals surface area contributed by atoms with Gasteiger partial charge in [-0.25, -0.2) is 9.82 Å². The zero-order valence-corrected chi connectivity index (χ0v) is 14.7. The summed E-state index contributed by atoms with van der Waals surface area (Å²) in [6.07, 6.45) is 0.637. The van der Waals surface area contributed by atoms with E-state index in [1.807, 2.05) is 0 Å². The first kappa shape index (κ1) is 19.2. The normalized spacial score (nSPS) is 10.5. The summed E-state index contributed by atoms with van der Waals surface area (Å²) in [5.41, 5.74) is 2.33. The largest absolute Gasteiger partial charge is 0.323 e. The van der Waals surface area contributed by atoms with Crippen molar-refractivity contribution in [2.24, 2.45) is 5.10 Å². The van der Waals surface area contributed by atoms with Crippen LogP contribution in [0.3, 0.4) is 0 Å². The van der Waals surface area contributed by atoms with Gasteiger partial charge in [0.05, 0.1) is 21.3 Å². The highest BCUT2D eigenvalue weighted by Crippen LogP contribution is 2.24. The fourth-order valence-corrected chi connectivity index (χ4v) is 2.26. The lowest BCUT2D eigenvalue weighted by molar-refractivity contribution is -0.385. The van der Waals surface area contributed by atoms with Gasteiger partial charge in [-0.2, -0.15) is 5.10 Å². The Morgan fingerprint density at radius 2 is 1.96 bits per heavy atom. The van der Waals surface area contributed by atoms with Crippen molar-refractivity contribution in [3.05, 3.63) is 68.4 Å². The maximum atomic E-state index is 13.4. The smallest absolute Gasteiger partial charge is 0.284 e. The molecule has 0 aromatic heterocycles. The molecule has 0 atom stereocenters. The molecule has 10 heteroatoms. The summed E-state index contributed by atoms with van der Waals surface area (Å²) in [4.78, 5) is 33.6. The van der Waals surface area contributed by atoms with Gasteiger partial charge in [0.2, 0.25) is 11.8 Å². The molecule has 0 fully saturated rings. The molecule has 8 nitrogen and oxygen atoms in total. The Morgan fingerprint density at radius 1 is 1.23 bits per heavy atom. The summed E-state index contributed by atoms with van der Waals surface area (Å²) in [6.45, 7) is 0. The van der Waals surface area contributed by atoms with E-state index in [0.29, 0.717) is 10.0 Å². The molecule has 0 saturated carbocycles. The highest BCUT2D eigenvalue weighted by molar-refractivity contribution is 9.10. The van der Waals surface area contributed by atoms with E-state index in [0.717, 1.165) is 0 Å². The number of hydrogen-bond donors (Lipinski definition) is 2. The average molecular weight is 423 g/mol. The molecule has 0 heterocycles. The number of carbonyl (C=O) groups excluding carboxylic acids is 2. The number of hydrazone groups is 1. The second-order valence-electron chi connectivity index (χ2n) is 4.97. The Hall–Kier alpha value is -3.14. The van der Waals surface area contributed by atoms with Crippen molar-refractivity contribution in [3.63, 3.8) is 0 Å². The minimum absolute atomic E-state index is 0.0315. The number of rotatable bonds is 6. The summed E-state index contributed by atoms with van der Waals surface area (Å²) in [7, 11) is 0. The topological polar surface area (TPSA) is 114 Å². The molecule has 0 radical (unpaired) electrons. The van der Waals surface area contributed by atoms with Gasteiger partial charge in [-0.1, -0.05) is 18.2 Å². The van der Waals surface area contributed by atoms with Crippen LogP contribution in [0.2, 0.25) is 0 Å². The average Bonchev–Trinajstić information content (AvgIpc) is 2.58. The van der Waals surface area contributed by atoms with Crippen molar-refractivity contribution in [3.8, 4) is 0 Å². The molecule has 134 valence electrons. The molecule has 0 saturated heterocycles.